The van der Waals surface area contributed by atoms with E-state index in [1.165, 1.54) is 0 Å². The van der Waals surface area contributed by atoms with Gasteiger partial charge in [0.1, 0.15) is 30.5 Å². The number of aryl methyl sites for hydroxylation is 1. The summed E-state index contributed by atoms with van der Waals surface area (Å²) in [6.45, 7) is 2.52. The van der Waals surface area contributed by atoms with Crippen molar-refractivity contribution in [2.24, 2.45) is 0 Å². The molecule has 0 spiro atoms. The van der Waals surface area contributed by atoms with Crippen LogP contribution < -0.4 is 30.4 Å². The van der Waals surface area contributed by atoms with E-state index >= 15 is 0 Å². The lowest BCUT2D eigenvalue weighted by Crippen LogP contribution is -2.49. The van der Waals surface area contributed by atoms with Gasteiger partial charge in [-0.1, -0.05) is 35.9 Å². The van der Waals surface area contributed by atoms with E-state index in [2.05, 4.69) is 16.2 Å². The van der Waals surface area contributed by atoms with Gasteiger partial charge in [0, 0.05) is 5.56 Å². The summed E-state index contributed by atoms with van der Waals surface area (Å²) in [4.78, 5) is 24.2. The molecule has 176 valence electrons. The van der Waals surface area contributed by atoms with Gasteiger partial charge in [-0.3, -0.25) is 25.8 Å². The molecule has 0 fully saturated rings. The van der Waals surface area contributed by atoms with Crippen LogP contribution in [0.5, 0.6) is 17.2 Å². The third kappa shape index (κ3) is 8.44. The Morgan fingerprint density at radius 2 is 1.29 bits per heavy atom. The van der Waals surface area contributed by atoms with Crippen LogP contribution in [0.15, 0.2) is 78.9 Å². The summed E-state index contributed by atoms with van der Waals surface area (Å²) in [7, 11) is 0. The Kier molecular flexibility index (Phi) is 9.24. The number of carbonyl (C=O) groups is 2. The van der Waals surface area contributed by atoms with E-state index in [0.29, 0.717) is 30.3 Å². The van der Waals surface area contributed by atoms with Gasteiger partial charge in [0.15, 0.2) is 11.7 Å². The molecule has 0 aliphatic heterocycles. The fraction of sp³-hybridized carbons (Fsp3) is 0.160. The van der Waals surface area contributed by atoms with Crippen molar-refractivity contribution >= 4 is 29.1 Å². The minimum absolute atomic E-state index is 0.0490. The first kappa shape index (κ1) is 24.5. The molecule has 3 aromatic carbocycles. The van der Waals surface area contributed by atoms with Gasteiger partial charge in [0.05, 0.1) is 0 Å². The lowest BCUT2D eigenvalue weighted by molar-refractivity contribution is -0.123. The number of hydrazine groups is 1. The maximum Gasteiger partial charge on any atom is 0.276 e. The Labute approximate surface area is 203 Å². The van der Waals surface area contributed by atoms with Crippen LogP contribution in [-0.4, -0.2) is 36.7 Å². The Bertz CT molecular complexity index is 1090. The molecule has 0 aliphatic rings. The van der Waals surface area contributed by atoms with Crippen molar-refractivity contribution < 1.29 is 23.8 Å². The van der Waals surface area contributed by atoms with Gasteiger partial charge in [-0.05, 0) is 67.7 Å². The van der Waals surface area contributed by atoms with E-state index in [1.807, 2.05) is 49.4 Å². The third-order valence-corrected chi connectivity index (χ3v) is 4.62. The number of hydrogen-bond acceptors (Lipinski definition) is 6. The maximum absolute atomic E-state index is 12.3. The van der Waals surface area contributed by atoms with E-state index in [-0.39, 0.29) is 11.7 Å². The van der Waals surface area contributed by atoms with E-state index in [1.54, 1.807) is 36.4 Å². The largest absolute Gasteiger partial charge is 0.490 e. The molecule has 3 aromatic rings. The van der Waals surface area contributed by atoms with Gasteiger partial charge in [0.2, 0.25) is 0 Å². The highest BCUT2D eigenvalue weighted by molar-refractivity contribution is 7.80. The lowest BCUT2D eigenvalue weighted by atomic mass is 10.2. The zero-order chi connectivity index (χ0) is 24.2. The summed E-state index contributed by atoms with van der Waals surface area (Å²) in [5, 5.41) is 2.44. The second-order valence-electron chi connectivity index (χ2n) is 7.09. The normalized spacial score (nSPS) is 10.0. The van der Waals surface area contributed by atoms with Crippen LogP contribution in [0.4, 0.5) is 0 Å². The van der Waals surface area contributed by atoms with Crippen molar-refractivity contribution in [2.45, 2.75) is 6.92 Å². The van der Waals surface area contributed by atoms with Gasteiger partial charge >= 0.3 is 0 Å². The SMILES string of the molecule is Cc1ccc(OCC(=O)NNC(=S)NC(=O)c2ccc(OCCOc3ccccc3)cc2)cc1. The Hall–Kier alpha value is -4.11. The van der Waals surface area contributed by atoms with E-state index in [9.17, 15) is 9.59 Å². The van der Waals surface area contributed by atoms with E-state index in [4.69, 9.17) is 26.4 Å². The third-order valence-electron chi connectivity index (χ3n) is 4.41. The molecule has 0 saturated heterocycles. The molecule has 0 aromatic heterocycles. The standard InChI is InChI=1S/C25H25N3O5S/c1-18-7-11-22(12-8-18)33-17-23(29)27-28-25(34)26-24(30)19-9-13-21(14-10-19)32-16-15-31-20-5-3-2-4-6-20/h2-14H,15-17H2,1H3,(H,27,29)(H2,26,28,30,34). The molecular weight excluding hydrogens is 454 g/mol. The monoisotopic (exact) mass is 479 g/mol. The summed E-state index contributed by atoms with van der Waals surface area (Å²) < 4.78 is 16.6. The quantitative estimate of drug-likeness (QED) is 0.246. The summed E-state index contributed by atoms with van der Waals surface area (Å²) in [6.07, 6.45) is 0. The van der Waals surface area contributed by atoms with E-state index in [0.717, 1.165) is 11.3 Å². The van der Waals surface area contributed by atoms with Crippen LogP contribution in [0.1, 0.15) is 15.9 Å². The summed E-state index contributed by atoms with van der Waals surface area (Å²) >= 11 is 5.04. The summed E-state index contributed by atoms with van der Waals surface area (Å²) in [5.41, 5.74) is 6.31. The van der Waals surface area contributed by atoms with Crippen LogP contribution in [0.3, 0.4) is 0 Å². The minimum atomic E-state index is -0.449. The number of para-hydroxylation sites is 1. The molecule has 0 atom stereocenters. The second kappa shape index (κ2) is 12.8. The minimum Gasteiger partial charge on any atom is -0.490 e. The molecule has 0 bridgehead atoms. The number of benzene rings is 3. The average Bonchev–Trinajstić information content (AvgIpc) is 2.86. The number of ether oxygens (including phenoxy) is 3. The molecular formula is C25H25N3O5S. The van der Waals surface area contributed by atoms with Crippen molar-refractivity contribution in [1.82, 2.24) is 16.2 Å². The van der Waals surface area contributed by atoms with Crippen LogP contribution in [-0.2, 0) is 4.79 Å². The van der Waals surface area contributed by atoms with Crippen LogP contribution in [0, 0.1) is 6.92 Å². The molecule has 8 nitrogen and oxygen atoms in total. The van der Waals surface area contributed by atoms with Gasteiger partial charge in [-0.2, -0.15) is 0 Å². The van der Waals surface area contributed by atoms with Gasteiger partial charge in [-0.15, -0.1) is 0 Å². The first-order valence-electron chi connectivity index (χ1n) is 10.5. The first-order chi connectivity index (χ1) is 16.5. The zero-order valence-electron chi connectivity index (χ0n) is 18.6. The molecule has 2 amide bonds. The predicted octanol–water partition coefficient (Wildman–Crippen LogP) is 3.17. The number of thiocarbonyl (C=S) groups is 1. The van der Waals surface area contributed by atoms with Gasteiger partial charge in [-0.25, -0.2) is 0 Å². The highest BCUT2D eigenvalue weighted by Gasteiger charge is 2.09. The Morgan fingerprint density at radius 3 is 1.94 bits per heavy atom. The molecule has 0 aliphatic carbocycles. The highest BCUT2D eigenvalue weighted by atomic mass is 32.1. The Balaban J connectivity index is 1.33. The Morgan fingerprint density at radius 1 is 0.735 bits per heavy atom. The zero-order valence-corrected chi connectivity index (χ0v) is 19.4. The van der Waals surface area contributed by atoms with Crippen molar-refractivity contribution in [1.29, 1.82) is 0 Å². The highest BCUT2D eigenvalue weighted by Crippen LogP contribution is 2.13. The second-order valence-corrected chi connectivity index (χ2v) is 7.50. The molecule has 34 heavy (non-hydrogen) atoms. The molecule has 0 heterocycles. The average molecular weight is 480 g/mol. The molecule has 0 radical (unpaired) electrons. The number of rotatable bonds is 9. The van der Waals surface area contributed by atoms with E-state index < -0.39 is 11.8 Å². The van der Waals surface area contributed by atoms with Crippen molar-refractivity contribution in [3.05, 3.63) is 90.0 Å². The summed E-state index contributed by atoms with van der Waals surface area (Å²) in [5.74, 6) is 1.08. The van der Waals surface area contributed by atoms with Crippen LogP contribution in [0.25, 0.3) is 0 Å². The van der Waals surface area contributed by atoms with Crippen LogP contribution in [0.2, 0.25) is 0 Å². The fourth-order valence-electron chi connectivity index (χ4n) is 2.69. The number of carbonyl (C=O) groups excluding carboxylic acids is 2. The smallest absolute Gasteiger partial charge is 0.276 e. The predicted molar refractivity (Wildman–Crippen MR) is 132 cm³/mol. The molecule has 3 rings (SSSR count). The first-order valence-corrected chi connectivity index (χ1v) is 10.9. The molecule has 0 saturated carbocycles. The van der Waals surface area contributed by atoms with Gasteiger partial charge < -0.3 is 14.2 Å². The van der Waals surface area contributed by atoms with Crippen molar-refractivity contribution in [3.63, 3.8) is 0 Å². The molecule has 9 heteroatoms. The molecule has 3 N–H and O–H groups in total. The molecule has 0 unspecified atom stereocenters. The summed E-state index contributed by atoms with van der Waals surface area (Å²) in [6, 6.07) is 23.4. The number of hydrogen-bond donors (Lipinski definition) is 3. The van der Waals surface area contributed by atoms with Gasteiger partial charge in [0.25, 0.3) is 11.8 Å². The number of amides is 2. The van der Waals surface area contributed by atoms with Crippen LogP contribution >= 0.6 is 12.2 Å². The maximum atomic E-state index is 12.3. The fourth-order valence-corrected chi connectivity index (χ4v) is 2.83. The van der Waals surface area contributed by atoms with Crippen molar-refractivity contribution in [3.8, 4) is 17.2 Å². The topological polar surface area (TPSA) is 97.9 Å². The van der Waals surface area contributed by atoms with Crippen molar-refractivity contribution in [2.75, 3.05) is 19.8 Å². The number of nitrogens with one attached hydrogen (secondary N) is 3. The lowest BCUT2D eigenvalue weighted by Gasteiger charge is -2.12.